The van der Waals surface area contributed by atoms with Gasteiger partial charge in [0.15, 0.2) is 0 Å². The SMILES string of the molecule is NCCC1CCN(c2ccncc2Br)CC1. The highest BCUT2D eigenvalue weighted by Crippen LogP contribution is 2.29. The van der Waals surface area contributed by atoms with E-state index in [0.717, 1.165) is 30.0 Å². The van der Waals surface area contributed by atoms with E-state index >= 15 is 0 Å². The highest BCUT2D eigenvalue weighted by atomic mass is 79.9. The molecular formula is C12H18BrN3. The van der Waals surface area contributed by atoms with E-state index in [-0.39, 0.29) is 0 Å². The van der Waals surface area contributed by atoms with Gasteiger partial charge in [0.05, 0.1) is 10.2 Å². The number of nitrogens with two attached hydrogens (primary N) is 1. The quantitative estimate of drug-likeness (QED) is 0.926. The molecule has 1 aromatic rings. The average Bonchev–Trinajstić information content (AvgIpc) is 2.31. The van der Waals surface area contributed by atoms with Gasteiger partial charge in [-0.15, -0.1) is 0 Å². The van der Waals surface area contributed by atoms with Crippen LogP contribution < -0.4 is 10.6 Å². The zero-order valence-corrected chi connectivity index (χ0v) is 11.0. The van der Waals surface area contributed by atoms with Crippen LogP contribution in [0.3, 0.4) is 0 Å². The first-order chi connectivity index (χ1) is 7.81. The lowest BCUT2D eigenvalue weighted by atomic mass is 9.93. The van der Waals surface area contributed by atoms with Gasteiger partial charge in [0.25, 0.3) is 0 Å². The van der Waals surface area contributed by atoms with Crippen molar-refractivity contribution in [1.82, 2.24) is 4.98 Å². The fourth-order valence-electron chi connectivity index (χ4n) is 2.32. The molecular weight excluding hydrogens is 266 g/mol. The second-order valence-corrected chi connectivity index (χ2v) is 5.19. The van der Waals surface area contributed by atoms with Gasteiger partial charge in [-0.05, 0) is 53.7 Å². The lowest BCUT2D eigenvalue weighted by molar-refractivity contribution is 0.386. The Balaban J connectivity index is 1.96. The summed E-state index contributed by atoms with van der Waals surface area (Å²) in [6, 6.07) is 2.08. The Morgan fingerprint density at radius 2 is 2.19 bits per heavy atom. The molecule has 0 amide bonds. The molecule has 0 bridgehead atoms. The molecule has 1 aromatic heterocycles. The maximum atomic E-state index is 5.60. The van der Waals surface area contributed by atoms with Crippen molar-refractivity contribution >= 4 is 21.6 Å². The van der Waals surface area contributed by atoms with E-state index in [0.29, 0.717) is 0 Å². The van der Waals surface area contributed by atoms with Gasteiger partial charge >= 0.3 is 0 Å². The van der Waals surface area contributed by atoms with Gasteiger partial charge in [0.2, 0.25) is 0 Å². The molecule has 16 heavy (non-hydrogen) atoms. The first-order valence-electron chi connectivity index (χ1n) is 5.86. The van der Waals surface area contributed by atoms with E-state index in [4.69, 9.17) is 5.73 Å². The summed E-state index contributed by atoms with van der Waals surface area (Å²) in [5.41, 5.74) is 6.86. The van der Waals surface area contributed by atoms with Crippen molar-refractivity contribution < 1.29 is 0 Å². The second-order valence-electron chi connectivity index (χ2n) is 4.33. The van der Waals surface area contributed by atoms with Gasteiger partial charge in [-0.2, -0.15) is 0 Å². The number of nitrogens with zero attached hydrogens (tertiary/aromatic N) is 2. The Morgan fingerprint density at radius 3 is 2.81 bits per heavy atom. The van der Waals surface area contributed by atoms with Crippen LogP contribution in [0.15, 0.2) is 22.9 Å². The number of halogens is 1. The van der Waals surface area contributed by atoms with Crippen molar-refractivity contribution in [3.05, 3.63) is 22.9 Å². The summed E-state index contributed by atoms with van der Waals surface area (Å²) in [6.45, 7) is 3.09. The summed E-state index contributed by atoms with van der Waals surface area (Å²) >= 11 is 3.55. The molecule has 1 aliphatic heterocycles. The Morgan fingerprint density at radius 1 is 1.44 bits per heavy atom. The predicted molar refractivity (Wildman–Crippen MR) is 70.5 cm³/mol. The minimum Gasteiger partial charge on any atom is -0.371 e. The molecule has 0 atom stereocenters. The van der Waals surface area contributed by atoms with Crippen LogP contribution in [0.25, 0.3) is 0 Å². The first kappa shape index (κ1) is 11.9. The Kier molecular flexibility index (Phi) is 4.18. The van der Waals surface area contributed by atoms with E-state index in [2.05, 4.69) is 31.9 Å². The Bertz CT molecular complexity index is 335. The first-order valence-corrected chi connectivity index (χ1v) is 6.65. The molecule has 0 saturated carbocycles. The van der Waals surface area contributed by atoms with E-state index < -0.39 is 0 Å². The lowest BCUT2D eigenvalue weighted by Crippen LogP contribution is -2.34. The number of piperidine rings is 1. The summed E-state index contributed by atoms with van der Waals surface area (Å²) in [4.78, 5) is 6.52. The lowest BCUT2D eigenvalue weighted by Gasteiger charge is -2.34. The van der Waals surface area contributed by atoms with Crippen LogP contribution >= 0.6 is 15.9 Å². The normalized spacial score (nSPS) is 17.8. The topological polar surface area (TPSA) is 42.1 Å². The highest BCUT2D eigenvalue weighted by Gasteiger charge is 2.19. The number of rotatable bonds is 3. The van der Waals surface area contributed by atoms with Crippen LogP contribution in [0.2, 0.25) is 0 Å². The zero-order chi connectivity index (χ0) is 11.4. The van der Waals surface area contributed by atoms with Gasteiger partial charge in [0, 0.05) is 25.5 Å². The standard InChI is InChI=1S/C12H18BrN3/c13-11-9-15-6-2-12(11)16-7-3-10(1-5-14)4-8-16/h2,6,9-10H,1,3-5,7-8,14H2. The van der Waals surface area contributed by atoms with Gasteiger partial charge in [-0.3, -0.25) is 4.98 Å². The maximum Gasteiger partial charge on any atom is 0.0592 e. The fourth-order valence-corrected chi connectivity index (χ4v) is 2.82. The van der Waals surface area contributed by atoms with Crippen molar-refractivity contribution in [2.45, 2.75) is 19.3 Å². The van der Waals surface area contributed by atoms with E-state index in [1.807, 2.05) is 12.4 Å². The summed E-state index contributed by atoms with van der Waals surface area (Å²) in [7, 11) is 0. The van der Waals surface area contributed by atoms with Crippen molar-refractivity contribution in [2.75, 3.05) is 24.5 Å². The molecule has 1 fully saturated rings. The molecule has 1 saturated heterocycles. The van der Waals surface area contributed by atoms with Crippen LogP contribution in [0.1, 0.15) is 19.3 Å². The summed E-state index contributed by atoms with van der Waals surface area (Å²) in [5.74, 6) is 0.821. The molecule has 2 heterocycles. The molecule has 0 radical (unpaired) electrons. The van der Waals surface area contributed by atoms with Crippen molar-refractivity contribution in [1.29, 1.82) is 0 Å². The van der Waals surface area contributed by atoms with Crippen LogP contribution in [0.4, 0.5) is 5.69 Å². The third kappa shape index (κ3) is 2.74. The third-order valence-electron chi connectivity index (χ3n) is 3.28. The number of anilines is 1. The third-order valence-corrected chi connectivity index (χ3v) is 3.89. The highest BCUT2D eigenvalue weighted by molar-refractivity contribution is 9.10. The monoisotopic (exact) mass is 283 g/mol. The molecule has 88 valence electrons. The number of hydrogen-bond acceptors (Lipinski definition) is 3. The molecule has 1 aliphatic rings. The van der Waals surface area contributed by atoms with E-state index in [9.17, 15) is 0 Å². The molecule has 0 aliphatic carbocycles. The molecule has 3 nitrogen and oxygen atoms in total. The Hall–Kier alpha value is -0.610. The molecule has 0 unspecified atom stereocenters. The van der Waals surface area contributed by atoms with Crippen LogP contribution in [-0.4, -0.2) is 24.6 Å². The van der Waals surface area contributed by atoms with Crippen LogP contribution in [-0.2, 0) is 0 Å². The van der Waals surface area contributed by atoms with Crippen molar-refractivity contribution in [2.24, 2.45) is 11.7 Å². The molecule has 2 N–H and O–H groups in total. The zero-order valence-electron chi connectivity index (χ0n) is 9.40. The summed E-state index contributed by atoms with van der Waals surface area (Å²) in [5, 5.41) is 0. The van der Waals surface area contributed by atoms with Crippen molar-refractivity contribution in [3.8, 4) is 0 Å². The van der Waals surface area contributed by atoms with Gasteiger partial charge in [-0.25, -0.2) is 0 Å². The van der Waals surface area contributed by atoms with Gasteiger partial charge < -0.3 is 10.6 Å². The summed E-state index contributed by atoms with van der Waals surface area (Å²) < 4.78 is 1.09. The number of pyridine rings is 1. The largest absolute Gasteiger partial charge is 0.371 e. The van der Waals surface area contributed by atoms with Crippen LogP contribution in [0.5, 0.6) is 0 Å². The van der Waals surface area contributed by atoms with Gasteiger partial charge in [-0.1, -0.05) is 0 Å². The van der Waals surface area contributed by atoms with E-state index in [1.54, 1.807) is 0 Å². The average molecular weight is 284 g/mol. The minimum absolute atomic E-state index is 0.821. The maximum absolute atomic E-state index is 5.60. The molecule has 4 heteroatoms. The smallest absolute Gasteiger partial charge is 0.0592 e. The fraction of sp³-hybridized carbons (Fsp3) is 0.583. The molecule has 2 rings (SSSR count). The van der Waals surface area contributed by atoms with Gasteiger partial charge in [0.1, 0.15) is 0 Å². The number of aromatic nitrogens is 1. The summed E-state index contributed by atoms with van der Waals surface area (Å²) in [6.07, 6.45) is 7.40. The predicted octanol–water partition coefficient (Wildman–Crippen LogP) is 2.41. The number of hydrogen-bond donors (Lipinski definition) is 1. The van der Waals surface area contributed by atoms with Crippen LogP contribution in [0, 0.1) is 5.92 Å². The minimum atomic E-state index is 0.821. The Labute approximate surface area is 105 Å². The molecule has 0 spiro atoms. The van der Waals surface area contributed by atoms with E-state index in [1.165, 1.54) is 24.9 Å². The molecule has 0 aromatic carbocycles. The van der Waals surface area contributed by atoms with Crippen molar-refractivity contribution in [3.63, 3.8) is 0 Å². The second kappa shape index (κ2) is 5.64.